The molecule has 1 fully saturated rings. The van der Waals surface area contributed by atoms with E-state index < -0.39 is 28.6 Å². The first-order chi connectivity index (χ1) is 20.9. The molecule has 2 aliphatic carbocycles. The Morgan fingerprint density at radius 3 is 2.52 bits per heavy atom. The molecule has 2 amide bonds. The van der Waals surface area contributed by atoms with Crippen LogP contribution in [-0.4, -0.2) is 43.9 Å². The van der Waals surface area contributed by atoms with Crippen LogP contribution in [0.3, 0.4) is 0 Å². The standard InChI is InChI=1S/C35H41F3N4O2/c1-34(27-14-9-12-25(20-27)32(43)40-18-19-42(2)3)17-8-7-13-28(34)21-30(24-10-5-4-6-11-24)33(44)41-29-16-15-26(23-39)31(22-29)35(36,37)38/h7-9,12-17,20,22,24,28,30H,4-6,10-11,18-19,21H2,1-3H3,(H,40,43)(H,41,44). The molecule has 0 saturated heterocycles. The smallest absolute Gasteiger partial charge is 0.351 e. The Balaban J connectivity index is 1.60. The lowest BCUT2D eigenvalue weighted by Crippen LogP contribution is -2.38. The molecule has 0 bridgehead atoms. The predicted molar refractivity (Wildman–Crippen MR) is 166 cm³/mol. The number of nitrogens with one attached hydrogen (secondary N) is 2. The van der Waals surface area contributed by atoms with Crippen molar-refractivity contribution in [1.29, 1.82) is 5.26 Å². The highest BCUT2D eigenvalue weighted by Gasteiger charge is 2.40. The van der Waals surface area contributed by atoms with Crippen molar-refractivity contribution < 1.29 is 22.8 Å². The fourth-order valence-electron chi connectivity index (χ4n) is 6.41. The monoisotopic (exact) mass is 606 g/mol. The molecule has 0 spiro atoms. The van der Waals surface area contributed by atoms with Gasteiger partial charge < -0.3 is 15.5 Å². The third kappa shape index (κ3) is 7.97. The molecular formula is C35H41F3N4O2. The van der Waals surface area contributed by atoms with Gasteiger partial charge >= 0.3 is 6.18 Å². The summed E-state index contributed by atoms with van der Waals surface area (Å²) in [4.78, 5) is 28.8. The Morgan fingerprint density at radius 1 is 1.09 bits per heavy atom. The fourth-order valence-corrected chi connectivity index (χ4v) is 6.41. The topological polar surface area (TPSA) is 85.2 Å². The minimum atomic E-state index is -4.71. The van der Waals surface area contributed by atoms with Crippen molar-refractivity contribution in [3.63, 3.8) is 0 Å². The largest absolute Gasteiger partial charge is 0.417 e. The van der Waals surface area contributed by atoms with E-state index in [2.05, 4.69) is 29.7 Å². The highest BCUT2D eigenvalue weighted by molar-refractivity contribution is 5.94. The average molecular weight is 607 g/mol. The first kappa shape index (κ1) is 33.0. The summed E-state index contributed by atoms with van der Waals surface area (Å²) in [6.07, 6.45) is 8.80. The summed E-state index contributed by atoms with van der Waals surface area (Å²) in [5.74, 6) is -0.887. The normalized spacial score (nSPS) is 21.1. The van der Waals surface area contributed by atoms with Crippen LogP contribution in [0.2, 0.25) is 0 Å². The number of carbonyl (C=O) groups excluding carboxylic acids is 2. The van der Waals surface area contributed by atoms with Gasteiger partial charge in [-0.3, -0.25) is 9.59 Å². The number of halogens is 3. The SMILES string of the molecule is CN(C)CCNC(=O)c1cccc(C2(C)C=CC=CC2CC(C(=O)Nc2ccc(C#N)c(C(F)(F)F)c2)C2CCCCC2)c1. The van der Waals surface area contributed by atoms with Crippen LogP contribution in [0.1, 0.15) is 72.5 Å². The lowest BCUT2D eigenvalue weighted by Gasteiger charge is -2.40. The number of nitriles is 1. The van der Waals surface area contributed by atoms with E-state index in [0.29, 0.717) is 18.5 Å². The number of nitrogens with zero attached hydrogens (tertiary/aromatic N) is 2. The van der Waals surface area contributed by atoms with Crippen molar-refractivity contribution in [2.45, 2.75) is 57.0 Å². The second-order valence-corrected chi connectivity index (χ2v) is 12.4. The number of allylic oxidation sites excluding steroid dienone is 4. The van der Waals surface area contributed by atoms with Crippen LogP contribution in [0.5, 0.6) is 0 Å². The van der Waals surface area contributed by atoms with Gasteiger partial charge in [-0.25, -0.2) is 0 Å². The Labute approximate surface area is 258 Å². The van der Waals surface area contributed by atoms with Crippen LogP contribution in [0, 0.1) is 29.1 Å². The van der Waals surface area contributed by atoms with Gasteiger partial charge in [-0.1, -0.05) is 62.6 Å². The van der Waals surface area contributed by atoms with E-state index in [1.807, 2.05) is 49.3 Å². The van der Waals surface area contributed by atoms with Crippen molar-refractivity contribution in [3.8, 4) is 6.07 Å². The average Bonchev–Trinajstić information content (AvgIpc) is 3.00. The zero-order valence-electron chi connectivity index (χ0n) is 25.6. The summed E-state index contributed by atoms with van der Waals surface area (Å²) >= 11 is 0. The van der Waals surface area contributed by atoms with Crippen LogP contribution < -0.4 is 10.6 Å². The van der Waals surface area contributed by atoms with Gasteiger partial charge in [-0.05, 0) is 81.1 Å². The van der Waals surface area contributed by atoms with E-state index in [4.69, 9.17) is 0 Å². The first-order valence-electron chi connectivity index (χ1n) is 15.2. The molecule has 2 aromatic carbocycles. The molecule has 0 aromatic heterocycles. The Morgan fingerprint density at radius 2 is 1.84 bits per heavy atom. The molecular weight excluding hydrogens is 565 g/mol. The van der Waals surface area contributed by atoms with Gasteiger partial charge in [0.2, 0.25) is 5.91 Å². The molecule has 2 aromatic rings. The van der Waals surface area contributed by atoms with E-state index in [0.717, 1.165) is 56.3 Å². The number of alkyl halides is 3. The number of hydrogen-bond acceptors (Lipinski definition) is 4. The molecule has 0 aliphatic heterocycles. The number of carbonyl (C=O) groups is 2. The van der Waals surface area contributed by atoms with Crippen LogP contribution in [0.25, 0.3) is 0 Å². The summed E-state index contributed by atoms with van der Waals surface area (Å²) in [7, 11) is 3.89. The van der Waals surface area contributed by atoms with Crippen LogP contribution in [0.4, 0.5) is 18.9 Å². The number of rotatable bonds is 10. The van der Waals surface area contributed by atoms with Crippen molar-refractivity contribution in [1.82, 2.24) is 10.2 Å². The highest BCUT2D eigenvalue weighted by Crippen LogP contribution is 2.44. The molecule has 0 heterocycles. The number of likely N-dealkylation sites (N-methyl/N-ethyl adjacent to an activating group) is 1. The molecule has 2 N–H and O–H groups in total. The van der Waals surface area contributed by atoms with Crippen molar-refractivity contribution >= 4 is 17.5 Å². The first-order valence-corrected chi connectivity index (χ1v) is 15.2. The Hall–Kier alpha value is -3.90. The van der Waals surface area contributed by atoms with Crippen LogP contribution in [-0.2, 0) is 16.4 Å². The second-order valence-electron chi connectivity index (χ2n) is 12.4. The van der Waals surface area contributed by atoms with E-state index in [9.17, 15) is 28.0 Å². The molecule has 2 aliphatic rings. The van der Waals surface area contributed by atoms with Crippen molar-refractivity contribution in [2.24, 2.45) is 17.8 Å². The lowest BCUT2D eigenvalue weighted by atomic mass is 9.64. The maximum Gasteiger partial charge on any atom is 0.417 e. The third-order valence-electron chi connectivity index (χ3n) is 9.04. The summed E-state index contributed by atoms with van der Waals surface area (Å²) < 4.78 is 40.9. The molecule has 3 unspecified atom stereocenters. The van der Waals surface area contributed by atoms with Crippen molar-refractivity contribution in [2.75, 3.05) is 32.5 Å². The summed E-state index contributed by atoms with van der Waals surface area (Å²) in [6, 6.07) is 12.5. The zero-order chi connectivity index (χ0) is 31.9. The molecule has 234 valence electrons. The predicted octanol–water partition coefficient (Wildman–Crippen LogP) is 7.09. The van der Waals surface area contributed by atoms with Crippen LogP contribution >= 0.6 is 0 Å². The quantitative estimate of drug-likeness (QED) is 0.302. The minimum Gasteiger partial charge on any atom is -0.351 e. The molecule has 44 heavy (non-hydrogen) atoms. The summed E-state index contributed by atoms with van der Waals surface area (Å²) in [5.41, 5.74) is -0.523. The van der Waals surface area contributed by atoms with E-state index in [1.54, 1.807) is 12.1 Å². The Bertz CT molecular complexity index is 1440. The highest BCUT2D eigenvalue weighted by atomic mass is 19.4. The number of anilines is 1. The van der Waals surface area contributed by atoms with E-state index in [1.165, 1.54) is 6.07 Å². The van der Waals surface area contributed by atoms with E-state index >= 15 is 0 Å². The number of hydrogen-bond donors (Lipinski definition) is 2. The minimum absolute atomic E-state index is 0.0250. The fraction of sp³-hybridized carbons (Fsp3) is 0.457. The molecule has 6 nitrogen and oxygen atoms in total. The molecule has 1 saturated carbocycles. The van der Waals surface area contributed by atoms with Gasteiger partial charge in [0, 0.05) is 35.7 Å². The number of benzene rings is 2. The van der Waals surface area contributed by atoms with Gasteiger partial charge in [-0.2, -0.15) is 18.4 Å². The molecule has 3 atom stereocenters. The van der Waals surface area contributed by atoms with Gasteiger partial charge in [-0.15, -0.1) is 0 Å². The molecule has 0 radical (unpaired) electrons. The third-order valence-corrected chi connectivity index (χ3v) is 9.04. The van der Waals surface area contributed by atoms with E-state index in [-0.39, 0.29) is 29.3 Å². The Kier molecular flexibility index (Phi) is 10.7. The molecule has 4 rings (SSSR count). The van der Waals surface area contributed by atoms with Gasteiger partial charge in [0.15, 0.2) is 0 Å². The van der Waals surface area contributed by atoms with Gasteiger partial charge in [0.05, 0.1) is 17.2 Å². The van der Waals surface area contributed by atoms with Gasteiger partial charge in [0.25, 0.3) is 5.91 Å². The maximum absolute atomic E-state index is 13.9. The van der Waals surface area contributed by atoms with Crippen LogP contribution in [0.15, 0.2) is 66.8 Å². The summed E-state index contributed by atoms with van der Waals surface area (Å²) in [5, 5.41) is 14.9. The zero-order valence-corrected chi connectivity index (χ0v) is 25.6. The van der Waals surface area contributed by atoms with Gasteiger partial charge in [0.1, 0.15) is 0 Å². The maximum atomic E-state index is 13.9. The second kappa shape index (κ2) is 14.3. The number of amides is 2. The van der Waals surface area contributed by atoms with Crippen molar-refractivity contribution in [3.05, 3.63) is 89.0 Å². The summed E-state index contributed by atoms with van der Waals surface area (Å²) in [6.45, 7) is 3.36. The lowest BCUT2D eigenvalue weighted by molar-refractivity contribution is -0.137. The molecule has 9 heteroatoms.